The highest BCUT2D eigenvalue weighted by Gasteiger charge is 2.30. The Morgan fingerprint density at radius 2 is 0.711 bits per heavy atom. The van der Waals surface area contributed by atoms with Gasteiger partial charge in [-0.25, -0.2) is 29.9 Å². The van der Waals surface area contributed by atoms with Crippen molar-refractivity contribution in [1.82, 2.24) is 90.5 Å². The van der Waals surface area contributed by atoms with Crippen LogP contribution in [0.3, 0.4) is 0 Å². The van der Waals surface area contributed by atoms with Crippen molar-refractivity contribution in [3.63, 3.8) is 0 Å². The van der Waals surface area contributed by atoms with Gasteiger partial charge in [0.05, 0.1) is 98.2 Å². The van der Waals surface area contributed by atoms with Crippen LogP contribution in [0.25, 0.3) is 66.9 Å². The molecule has 15 heterocycles. The number of morpholine rings is 3. The number of piperidine rings is 1. The summed E-state index contributed by atoms with van der Waals surface area (Å²) in [6.45, 7) is 20.3. The van der Waals surface area contributed by atoms with Gasteiger partial charge >= 0.3 is 0 Å². The molecule has 3 aromatic carbocycles. The molecule has 2 atom stereocenters. The van der Waals surface area contributed by atoms with Crippen LogP contribution in [0.1, 0.15) is 36.3 Å². The molecule has 6 aliphatic heterocycles. The summed E-state index contributed by atoms with van der Waals surface area (Å²) in [5, 5.41) is 21.6. The van der Waals surface area contributed by atoms with Crippen molar-refractivity contribution >= 4 is 114 Å². The van der Waals surface area contributed by atoms with Crippen LogP contribution in [0.2, 0.25) is 0 Å². The molecule has 18 rings (SSSR count). The van der Waals surface area contributed by atoms with E-state index in [4.69, 9.17) is 14.2 Å². The van der Waals surface area contributed by atoms with Crippen molar-refractivity contribution in [2.45, 2.75) is 56.7 Å². The number of amides is 5. The fourth-order valence-electron chi connectivity index (χ4n) is 17.1. The quantitative estimate of drug-likeness (QED) is 0.0144. The molecule has 0 bridgehead atoms. The van der Waals surface area contributed by atoms with Crippen LogP contribution in [-0.2, 0) is 57.4 Å². The van der Waals surface area contributed by atoms with Crippen molar-refractivity contribution in [1.29, 1.82) is 0 Å². The maximum atomic E-state index is 13.0. The molecular formula is C100H119N27O8. The highest BCUT2D eigenvalue weighted by atomic mass is 16.5. The van der Waals surface area contributed by atoms with Gasteiger partial charge in [-0.1, -0.05) is 61.2 Å². The fourth-order valence-corrected chi connectivity index (χ4v) is 17.1. The zero-order chi connectivity index (χ0) is 93.5. The summed E-state index contributed by atoms with van der Waals surface area (Å²) in [6.07, 6.45) is 24.4. The smallest absolute Gasteiger partial charge is 0.243 e. The molecule has 702 valence electrons. The topological polar surface area (TPSA) is 378 Å². The van der Waals surface area contributed by atoms with E-state index in [0.29, 0.717) is 81.5 Å². The van der Waals surface area contributed by atoms with Gasteiger partial charge in [-0.3, -0.25) is 38.9 Å². The Kier molecular flexibility index (Phi) is 31.5. The lowest BCUT2D eigenvalue weighted by Crippen LogP contribution is -2.57. The number of aromatic nitrogens is 12. The van der Waals surface area contributed by atoms with Crippen molar-refractivity contribution < 1.29 is 38.2 Å². The summed E-state index contributed by atoms with van der Waals surface area (Å²) in [4.78, 5) is 133. The molecule has 6 saturated heterocycles. The number of benzene rings is 3. The van der Waals surface area contributed by atoms with E-state index in [0.717, 1.165) is 223 Å². The number of allylic oxidation sites excluding steroid dienone is 1. The third kappa shape index (κ3) is 25.9. The number of carbonyl (C=O) groups excluding carboxylic acids is 5. The molecule has 35 heteroatoms. The molecular weight excluding hydrogens is 1710 g/mol. The van der Waals surface area contributed by atoms with Crippen molar-refractivity contribution in [3.8, 4) is 33.8 Å². The van der Waals surface area contributed by atoms with Crippen LogP contribution >= 0.6 is 0 Å². The monoisotopic (exact) mass is 1830 g/mol. The summed E-state index contributed by atoms with van der Waals surface area (Å²) >= 11 is 0. The molecule has 0 spiro atoms. The van der Waals surface area contributed by atoms with Crippen molar-refractivity contribution in [2.24, 2.45) is 0 Å². The number of ether oxygens (including phenoxy) is 3. The Labute approximate surface area is 785 Å². The summed E-state index contributed by atoms with van der Waals surface area (Å²) in [7, 11) is 11.9. The first kappa shape index (κ1) is 93.9. The summed E-state index contributed by atoms with van der Waals surface area (Å²) in [5.74, 6) is 2.21. The number of nitrogens with zero attached hydrogens (tertiary/aromatic N) is 18. The standard InChI is InChI=1S/C34H41N9O3.C33H39N9O3.C33H39N9O2/c1-41(2)13-4-6-31(44)39-26-5-3-14-43(22-26)28-11-12-35-27(19-28)20-32(45)38-25-9-7-24(8-10-25)30-21-29-33(40-30)36-23-37-34(29)42-15-17-46-18-16-42;1-40(2)12-3-4-30(43)38-25-10-13-42(21-25)27-9-11-34-26(18-27)19-31(44)37-24-7-5-23(6-8-24)29-20-28-32(39-29)35-22-36-33(28)41-14-16-45-17-15-41;1-23(5-4-12-40(2)3)37-27-20-42(21-27)28-10-11-34-26(17-28)18-31(43)38-25-8-6-24(7-9-25)30-19-29-32(39-30)35-22-36-33(29)41-13-15-44-16-14-41/h4,6-12,19,21,23,26H,3,5,13-18,20,22H2,1-2H3,(H,38,45)(H,39,44)(H,36,37,40);3-9,11,18,20,22,25H,10,12-17,19,21H2,1-2H3,(H,37,44)(H,38,43)(H,35,36,39);4-11,17,19,22,27,37H,1,12-16,18,20-21H2,2-3H3,(H,38,43)(H,35,36,39)/b6-4+;4-3+;5-4+. The third-order valence-corrected chi connectivity index (χ3v) is 23.9. The number of likely N-dealkylation sites (N-methyl/N-ethyl adjacent to an activating group) is 3. The lowest BCUT2D eigenvalue weighted by molar-refractivity contribution is -0.118. The number of carbonyl (C=O) groups is 5. The molecule has 5 amide bonds. The van der Waals surface area contributed by atoms with Gasteiger partial charge in [0.2, 0.25) is 29.5 Å². The predicted molar refractivity (Wildman–Crippen MR) is 530 cm³/mol. The summed E-state index contributed by atoms with van der Waals surface area (Å²) < 4.78 is 16.5. The molecule has 0 aliphatic carbocycles. The molecule has 9 aromatic heterocycles. The summed E-state index contributed by atoms with van der Waals surface area (Å²) in [6, 6.07) is 41.8. The van der Waals surface area contributed by atoms with Gasteiger partial charge in [0, 0.05) is 198 Å². The zero-order valence-electron chi connectivity index (χ0n) is 77.4. The molecule has 6 fully saturated rings. The van der Waals surface area contributed by atoms with E-state index in [1.165, 1.54) is 0 Å². The number of anilines is 9. The number of nitrogens with one attached hydrogen (secondary N) is 9. The van der Waals surface area contributed by atoms with Crippen LogP contribution in [0.15, 0.2) is 214 Å². The highest BCUT2D eigenvalue weighted by Crippen LogP contribution is 2.35. The summed E-state index contributed by atoms with van der Waals surface area (Å²) in [5.41, 5.74) is 16.4. The average Bonchev–Trinajstić information content (AvgIpc) is 1.64. The van der Waals surface area contributed by atoms with E-state index >= 15 is 0 Å². The molecule has 0 saturated carbocycles. The Morgan fingerprint density at radius 1 is 0.378 bits per heavy atom. The number of aromatic amines is 3. The van der Waals surface area contributed by atoms with Gasteiger partial charge in [-0.15, -0.1) is 0 Å². The number of hydrogen-bond acceptors (Lipinski definition) is 27. The Bertz CT molecular complexity index is 6150. The molecule has 2 unspecified atom stereocenters. The molecule has 0 radical (unpaired) electrons. The van der Waals surface area contributed by atoms with E-state index < -0.39 is 0 Å². The van der Waals surface area contributed by atoms with Crippen molar-refractivity contribution in [3.05, 3.63) is 231 Å². The number of hydrogen-bond donors (Lipinski definition) is 9. The van der Waals surface area contributed by atoms with Gasteiger partial charge in [0.15, 0.2) is 0 Å². The van der Waals surface area contributed by atoms with Crippen molar-refractivity contribution in [2.75, 3.05) is 225 Å². The maximum absolute atomic E-state index is 13.0. The number of H-pyrrole nitrogens is 3. The first-order chi connectivity index (χ1) is 65.7. The van der Waals surface area contributed by atoms with Crippen LogP contribution in [-0.4, -0.2) is 302 Å². The predicted octanol–water partition coefficient (Wildman–Crippen LogP) is 9.54. The minimum Gasteiger partial charge on any atom is -0.379 e. The maximum Gasteiger partial charge on any atom is 0.243 e. The Hall–Kier alpha value is -14.4. The van der Waals surface area contributed by atoms with E-state index in [9.17, 15) is 24.0 Å². The van der Waals surface area contributed by atoms with E-state index in [1.54, 1.807) is 49.7 Å². The second-order valence-corrected chi connectivity index (χ2v) is 35.1. The first-order valence-corrected chi connectivity index (χ1v) is 46.0. The zero-order valence-corrected chi connectivity index (χ0v) is 77.4. The lowest BCUT2D eigenvalue weighted by atomic mass is 10.0. The van der Waals surface area contributed by atoms with E-state index in [1.807, 2.05) is 180 Å². The SMILES string of the molecule is C=C(/C=C/CN(C)C)NC1CN(c2ccnc(CC(=O)Nc3ccc(-c4cc5c(N6CCOCC6)ncnc5[nH]4)cc3)c2)C1.CN(C)C/C=C/C(=O)NC1CCCN(c2ccnc(CC(=O)Nc3ccc(-c4cc5c(N6CCOCC6)ncnc5[nH]4)cc3)c2)C1.CN(C)C/C=C/C(=O)NC1CCN(c2ccnc(CC(=O)Nc3ccc(-c4cc5c(N6CCOCC6)ncnc5[nH]4)cc3)c2)C1. The Morgan fingerprint density at radius 3 is 1.07 bits per heavy atom. The van der Waals surface area contributed by atoms with Gasteiger partial charge in [0.25, 0.3) is 0 Å². The lowest BCUT2D eigenvalue weighted by Gasteiger charge is -2.42. The highest BCUT2D eigenvalue weighted by molar-refractivity contribution is 5.98. The van der Waals surface area contributed by atoms with Crippen LogP contribution in [0.4, 0.5) is 51.6 Å². The number of fused-ring (bicyclic) bond motifs is 3. The first-order valence-electron chi connectivity index (χ1n) is 46.0. The average molecular weight is 1830 g/mol. The second kappa shape index (κ2) is 45.4. The largest absolute Gasteiger partial charge is 0.379 e. The van der Waals surface area contributed by atoms with Crippen LogP contribution in [0.5, 0.6) is 0 Å². The van der Waals surface area contributed by atoms with E-state index in [2.05, 4.69) is 157 Å². The molecule has 135 heavy (non-hydrogen) atoms. The minimum absolute atomic E-state index is 0.0669. The minimum atomic E-state index is -0.139. The van der Waals surface area contributed by atoms with Gasteiger partial charge in [-0.2, -0.15) is 0 Å². The van der Waals surface area contributed by atoms with Crippen LogP contribution < -0.4 is 61.3 Å². The third-order valence-electron chi connectivity index (χ3n) is 23.9. The fraction of sp³-hybridized carbons (Fsp3) is 0.360. The van der Waals surface area contributed by atoms with Gasteiger partial charge < -0.3 is 105 Å². The van der Waals surface area contributed by atoms with E-state index in [-0.39, 0.29) is 60.9 Å². The van der Waals surface area contributed by atoms with Gasteiger partial charge in [0.1, 0.15) is 53.4 Å². The Balaban J connectivity index is 0.000000147. The number of pyridine rings is 3. The number of rotatable bonds is 31. The van der Waals surface area contributed by atoms with Crippen LogP contribution in [0, 0.1) is 0 Å². The second-order valence-electron chi connectivity index (χ2n) is 35.1. The van der Waals surface area contributed by atoms with Gasteiger partial charge in [-0.05, 0) is 175 Å². The molecule has 6 aliphatic rings. The molecule has 35 nitrogen and oxygen atoms in total. The normalized spacial score (nSPS) is 16.6. The molecule has 9 N–H and O–H groups in total. The molecule has 12 aromatic rings.